The third-order valence-electron chi connectivity index (χ3n) is 3.37. The maximum atomic E-state index is 12.6. The molecular formula is C16H9Cl2NO3S. The molecule has 0 spiro atoms. The molecule has 23 heavy (non-hydrogen) atoms. The number of halogens is 2. The topological polar surface area (TPSA) is 60.2 Å². The molecule has 3 rings (SSSR count). The lowest BCUT2D eigenvalue weighted by atomic mass is 10.0. The monoisotopic (exact) mass is 365 g/mol. The molecule has 7 heteroatoms. The van der Waals surface area contributed by atoms with Gasteiger partial charge >= 0.3 is 0 Å². The summed E-state index contributed by atoms with van der Waals surface area (Å²) in [6.45, 7) is 0. The van der Waals surface area contributed by atoms with Crippen LogP contribution in [0.5, 0.6) is 0 Å². The Morgan fingerprint density at radius 2 is 1.96 bits per heavy atom. The van der Waals surface area contributed by atoms with E-state index in [1.54, 1.807) is 24.3 Å². The van der Waals surface area contributed by atoms with Gasteiger partial charge in [0.2, 0.25) is 0 Å². The summed E-state index contributed by atoms with van der Waals surface area (Å²) in [4.78, 5) is 23.8. The number of ketones is 1. The van der Waals surface area contributed by atoms with Gasteiger partial charge in [-0.1, -0.05) is 29.3 Å². The van der Waals surface area contributed by atoms with Crippen LogP contribution in [0.1, 0.15) is 15.9 Å². The van der Waals surface area contributed by atoms with E-state index in [0.29, 0.717) is 27.5 Å². The van der Waals surface area contributed by atoms with Crippen LogP contribution in [-0.2, 0) is 0 Å². The van der Waals surface area contributed by atoms with E-state index in [4.69, 9.17) is 23.2 Å². The second kappa shape index (κ2) is 6.35. The molecule has 0 amide bonds. The molecule has 0 N–H and O–H groups in total. The molecule has 0 fully saturated rings. The Bertz CT molecular complexity index is 864. The number of hydrogen-bond acceptors (Lipinski definition) is 4. The van der Waals surface area contributed by atoms with E-state index in [2.05, 4.69) is 0 Å². The van der Waals surface area contributed by atoms with Gasteiger partial charge in [-0.05, 0) is 35.9 Å². The summed E-state index contributed by atoms with van der Waals surface area (Å²) in [5.74, 6) is 0.392. The fourth-order valence-corrected chi connectivity index (χ4v) is 3.62. The molecule has 0 radical (unpaired) electrons. The van der Waals surface area contributed by atoms with Crippen LogP contribution in [0.4, 0.5) is 5.69 Å². The number of nitrogens with zero attached hydrogens (tertiary/aromatic N) is 1. The number of benzene rings is 2. The lowest BCUT2D eigenvalue weighted by molar-refractivity contribution is -0.384. The van der Waals surface area contributed by atoms with Crippen molar-refractivity contribution in [1.82, 2.24) is 0 Å². The van der Waals surface area contributed by atoms with Crippen LogP contribution in [0, 0.1) is 10.1 Å². The quantitative estimate of drug-likeness (QED) is 0.413. The van der Waals surface area contributed by atoms with Gasteiger partial charge in [-0.15, -0.1) is 11.8 Å². The number of carbonyl (C=O) groups is 1. The minimum atomic E-state index is -0.545. The van der Waals surface area contributed by atoms with Crippen LogP contribution in [0.15, 0.2) is 46.9 Å². The maximum absolute atomic E-state index is 12.6. The molecule has 1 aliphatic heterocycles. The van der Waals surface area contributed by atoms with Gasteiger partial charge in [0.1, 0.15) is 5.02 Å². The van der Waals surface area contributed by atoms with Crippen LogP contribution in [-0.4, -0.2) is 16.5 Å². The smallest absolute Gasteiger partial charge is 0.288 e. The molecule has 2 aromatic rings. The Morgan fingerprint density at radius 3 is 2.70 bits per heavy atom. The Labute approximate surface area is 146 Å². The van der Waals surface area contributed by atoms with Crippen molar-refractivity contribution >= 4 is 52.5 Å². The lowest BCUT2D eigenvalue weighted by Gasteiger charge is -2.17. The second-order valence-corrected chi connectivity index (χ2v) is 6.76. The Hall–Kier alpha value is -1.82. The van der Waals surface area contributed by atoms with E-state index in [1.807, 2.05) is 6.07 Å². The highest BCUT2D eigenvalue weighted by Gasteiger charge is 2.23. The highest BCUT2D eigenvalue weighted by atomic mass is 35.5. The van der Waals surface area contributed by atoms with Crippen LogP contribution in [0.3, 0.4) is 0 Å². The van der Waals surface area contributed by atoms with E-state index >= 15 is 0 Å². The summed E-state index contributed by atoms with van der Waals surface area (Å²) in [6, 6.07) is 9.68. The normalized spacial score (nSPS) is 15.6. The number of nitro groups is 1. The molecule has 0 bridgehead atoms. The number of hydrogen-bond donors (Lipinski definition) is 0. The van der Waals surface area contributed by atoms with E-state index in [0.717, 1.165) is 4.90 Å². The van der Waals surface area contributed by atoms with Crippen LogP contribution in [0.2, 0.25) is 10.0 Å². The molecule has 0 aliphatic carbocycles. The van der Waals surface area contributed by atoms with E-state index in [1.165, 1.54) is 23.9 Å². The summed E-state index contributed by atoms with van der Waals surface area (Å²) in [7, 11) is 0. The summed E-state index contributed by atoms with van der Waals surface area (Å²) >= 11 is 13.3. The average molecular weight is 366 g/mol. The Balaban J connectivity index is 2.00. The first kappa shape index (κ1) is 16.1. The van der Waals surface area contributed by atoms with Crippen molar-refractivity contribution in [2.24, 2.45) is 0 Å². The van der Waals surface area contributed by atoms with Crippen molar-refractivity contribution in [1.29, 1.82) is 0 Å². The Kier molecular flexibility index (Phi) is 4.43. The summed E-state index contributed by atoms with van der Waals surface area (Å²) < 4.78 is 0. The van der Waals surface area contributed by atoms with Gasteiger partial charge in [0.15, 0.2) is 5.78 Å². The molecule has 0 atom stereocenters. The summed E-state index contributed by atoms with van der Waals surface area (Å²) in [5, 5.41) is 11.5. The molecule has 0 aromatic heterocycles. The molecule has 0 saturated heterocycles. The molecule has 0 saturated carbocycles. The van der Waals surface area contributed by atoms with Crippen molar-refractivity contribution in [3.05, 3.63) is 73.3 Å². The van der Waals surface area contributed by atoms with Crippen molar-refractivity contribution < 1.29 is 9.72 Å². The molecule has 2 aromatic carbocycles. The standard InChI is InChI=1S/C16H9Cl2NO3S/c17-11-2-4-15-12(7-11)16(20)10(8-23-15)5-9-1-3-13(18)14(6-9)19(21)22/h1-7H,8H2/b10-5-. The molecule has 1 aliphatic rings. The molecular weight excluding hydrogens is 357 g/mol. The summed E-state index contributed by atoms with van der Waals surface area (Å²) in [5.41, 5.74) is 1.51. The third-order valence-corrected chi connectivity index (χ3v) is 5.05. The minimum absolute atomic E-state index is 0.0682. The first-order valence-electron chi connectivity index (χ1n) is 6.57. The number of fused-ring (bicyclic) bond motifs is 1. The van der Waals surface area contributed by atoms with Crippen molar-refractivity contribution in [2.75, 3.05) is 5.75 Å². The van der Waals surface area contributed by atoms with Crippen LogP contribution < -0.4 is 0 Å². The summed E-state index contributed by atoms with van der Waals surface area (Å²) in [6.07, 6.45) is 1.66. The first-order chi connectivity index (χ1) is 11.0. The molecule has 116 valence electrons. The van der Waals surface area contributed by atoms with E-state index < -0.39 is 4.92 Å². The second-order valence-electron chi connectivity index (χ2n) is 4.90. The number of rotatable bonds is 2. The van der Waals surface area contributed by atoms with Gasteiger partial charge in [-0.25, -0.2) is 0 Å². The lowest BCUT2D eigenvalue weighted by Crippen LogP contribution is -2.12. The van der Waals surface area contributed by atoms with Gasteiger partial charge in [-0.2, -0.15) is 0 Å². The fourth-order valence-electron chi connectivity index (χ4n) is 2.27. The van der Waals surface area contributed by atoms with E-state index in [-0.39, 0.29) is 16.5 Å². The molecule has 4 nitrogen and oxygen atoms in total. The van der Waals surface area contributed by atoms with Crippen molar-refractivity contribution in [2.45, 2.75) is 4.90 Å². The van der Waals surface area contributed by atoms with Gasteiger partial charge < -0.3 is 0 Å². The van der Waals surface area contributed by atoms with Crippen LogP contribution >= 0.6 is 35.0 Å². The predicted molar refractivity (Wildman–Crippen MR) is 92.6 cm³/mol. The van der Waals surface area contributed by atoms with Gasteiger partial charge in [0.05, 0.1) is 4.92 Å². The number of nitro benzene ring substituents is 1. The number of carbonyl (C=O) groups excluding carboxylic acids is 1. The van der Waals surface area contributed by atoms with Gasteiger partial charge in [-0.3, -0.25) is 14.9 Å². The molecule has 1 heterocycles. The predicted octanol–water partition coefficient (Wildman–Crippen LogP) is 5.27. The third kappa shape index (κ3) is 3.27. The van der Waals surface area contributed by atoms with Gasteiger partial charge in [0, 0.05) is 32.9 Å². The first-order valence-corrected chi connectivity index (χ1v) is 8.31. The SMILES string of the molecule is O=C1/C(=C\c2ccc(Cl)c([N+](=O)[O-])c2)CSc2ccc(Cl)cc21. The number of thioether (sulfide) groups is 1. The zero-order valence-corrected chi connectivity index (χ0v) is 13.9. The zero-order valence-electron chi connectivity index (χ0n) is 11.6. The minimum Gasteiger partial charge on any atom is -0.289 e. The Morgan fingerprint density at radius 1 is 1.17 bits per heavy atom. The van der Waals surface area contributed by atoms with Gasteiger partial charge in [0.25, 0.3) is 5.69 Å². The molecule has 0 unspecified atom stereocenters. The van der Waals surface area contributed by atoms with E-state index in [9.17, 15) is 14.9 Å². The highest BCUT2D eigenvalue weighted by Crippen LogP contribution is 2.35. The highest BCUT2D eigenvalue weighted by molar-refractivity contribution is 7.99. The van der Waals surface area contributed by atoms with Crippen LogP contribution in [0.25, 0.3) is 6.08 Å². The fraction of sp³-hybridized carbons (Fsp3) is 0.0625. The number of Topliss-reactive ketones (excluding diaryl/α,β-unsaturated/α-hetero) is 1. The largest absolute Gasteiger partial charge is 0.289 e. The van der Waals surface area contributed by atoms with Crippen molar-refractivity contribution in [3.8, 4) is 0 Å². The maximum Gasteiger partial charge on any atom is 0.288 e. The van der Waals surface area contributed by atoms with Crippen molar-refractivity contribution in [3.63, 3.8) is 0 Å². The zero-order chi connectivity index (χ0) is 16.6. The average Bonchev–Trinajstić information content (AvgIpc) is 2.52.